The van der Waals surface area contributed by atoms with Crippen LogP contribution in [0.25, 0.3) is 0 Å². The molecule has 0 spiro atoms. The molecule has 0 amide bonds. The van der Waals surface area contributed by atoms with Crippen molar-refractivity contribution < 1.29 is 4.39 Å². The minimum absolute atomic E-state index is 0.112. The van der Waals surface area contributed by atoms with E-state index in [0.29, 0.717) is 6.42 Å². The van der Waals surface area contributed by atoms with Crippen LogP contribution in [0.2, 0.25) is 5.02 Å². The second-order valence-electron chi connectivity index (χ2n) is 3.50. The van der Waals surface area contributed by atoms with Gasteiger partial charge >= 0.3 is 0 Å². The van der Waals surface area contributed by atoms with Crippen LogP contribution < -0.4 is 11.3 Å². The van der Waals surface area contributed by atoms with E-state index in [9.17, 15) is 4.39 Å². The minimum atomic E-state index is -0.434. The number of rotatable bonds is 4. The van der Waals surface area contributed by atoms with Crippen LogP contribution in [-0.2, 0) is 6.42 Å². The number of hydrazine groups is 1. The third kappa shape index (κ3) is 2.98. The summed E-state index contributed by atoms with van der Waals surface area (Å²) in [5.74, 6) is 5.01. The largest absolute Gasteiger partial charge is 0.271 e. The molecule has 90 valence electrons. The van der Waals surface area contributed by atoms with Gasteiger partial charge in [-0.1, -0.05) is 22.2 Å². The molecule has 0 bridgehead atoms. The molecule has 1 heterocycles. The number of hydrogen-bond acceptors (Lipinski definition) is 5. The monoisotopic (exact) mass is 272 g/mol. The summed E-state index contributed by atoms with van der Waals surface area (Å²) < 4.78 is 17.0. The summed E-state index contributed by atoms with van der Waals surface area (Å²) in [5, 5.41) is 5.84. The zero-order valence-electron chi connectivity index (χ0n) is 8.73. The van der Waals surface area contributed by atoms with Gasteiger partial charge in [-0.3, -0.25) is 11.3 Å². The molecule has 2 rings (SSSR count). The number of aromatic nitrogens is 2. The average Bonchev–Trinajstić information content (AvgIpc) is 2.84. The maximum Gasteiger partial charge on any atom is 0.142 e. The molecule has 0 saturated carbocycles. The van der Waals surface area contributed by atoms with Crippen LogP contribution in [0, 0.1) is 5.82 Å². The van der Waals surface area contributed by atoms with Crippen molar-refractivity contribution in [3.63, 3.8) is 0 Å². The first-order chi connectivity index (χ1) is 8.20. The summed E-state index contributed by atoms with van der Waals surface area (Å²) in [6.07, 6.45) is 0.524. The van der Waals surface area contributed by atoms with Gasteiger partial charge < -0.3 is 0 Å². The van der Waals surface area contributed by atoms with Crippen molar-refractivity contribution in [2.75, 3.05) is 0 Å². The van der Waals surface area contributed by atoms with Crippen molar-refractivity contribution in [3.05, 3.63) is 45.7 Å². The zero-order valence-corrected chi connectivity index (χ0v) is 10.3. The van der Waals surface area contributed by atoms with Gasteiger partial charge in [-0.15, -0.1) is 5.10 Å². The molecule has 1 atom stereocenters. The molecule has 3 N–H and O–H groups in total. The molecule has 1 aromatic carbocycles. The van der Waals surface area contributed by atoms with Crippen molar-refractivity contribution in [2.45, 2.75) is 12.5 Å². The second-order valence-corrected chi connectivity index (χ2v) is 4.52. The highest BCUT2D eigenvalue weighted by Gasteiger charge is 2.14. The van der Waals surface area contributed by atoms with E-state index in [1.54, 1.807) is 11.4 Å². The lowest BCUT2D eigenvalue weighted by molar-refractivity contribution is 0.534. The van der Waals surface area contributed by atoms with Gasteiger partial charge in [0.15, 0.2) is 0 Å². The zero-order chi connectivity index (χ0) is 12.3. The maximum atomic E-state index is 13.3. The molecule has 0 fully saturated rings. The van der Waals surface area contributed by atoms with E-state index >= 15 is 0 Å². The molecule has 4 nitrogen and oxygen atoms in total. The first-order valence-electron chi connectivity index (χ1n) is 4.87. The number of benzene rings is 1. The summed E-state index contributed by atoms with van der Waals surface area (Å²) >= 11 is 6.86. The Kier molecular flexibility index (Phi) is 4.01. The quantitative estimate of drug-likeness (QED) is 0.661. The van der Waals surface area contributed by atoms with E-state index in [2.05, 4.69) is 15.0 Å². The Morgan fingerprint density at radius 2 is 2.35 bits per heavy atom. The molecule has 1 unspecified atom stereocenters. The van der Waals surface area contributed by atoms with Crippen LogP contribution in [0.5, 0.6) is 0 Å². The van der Waals surface area contributed by atoms with Crippen molar-refractivity contribution >= 4 is 23.1 Å². The molecule has 0 saturated heterocycles. The summed E-state index contributed by atoms with van der Waals surface area (Å²) in [5.41, 5.74) is 4.17. The molecule has 0 aliphatic rings. The van der Waals surface area contributed by atoms with E-state index in [-0.39, 0.29) is 11.1 Å². The Balaban J connectivity index is 2.16. The van der Waals surface area contributed by atoms with Gasteiger partial charge in [0, 0.05) is 5.38 Å². The predicted octanol–water partition coefficient (Wildman–Crippen LogP) is 2.08. The number of nitrogens with zero attached hydrogens (tertiary/aromatic N) is 2. The lowest BCUT2D eigenvalue weighted by Gasteiger charge is -2.13. The summed E-state index contributed by atoms with van der Waals surface area (Å²) in [7, 11) is 0. The van der Waals surface area contributed by atoms with E-state index in [1.807, 2.05) is 0 Å². The number of halogens is 2. The molecule has 0 aliphatic heterocycles. The molecule has 0 radical (unpaired) electrons. The molecule has 0 aliphatic carbocycles. The Morgan fingerprint density at radius 1 is 1.53 bits per heavy atom. The highest BCUT2D eigenvalue weighted by Crippen LogP contribution is 2.20. The number of hydrogen-bond donors (Lipinski definition) is 2. The number of nitrogens with two attached hydrogens (primary N) is 1. The Morgan fingerprint density at radius 3 is 2.94 bits per heavy atom. The average molecular weight is 273 g/mol. The highest BCUT2D eigenvalue weighted by atomic mass is 35.5. The first-order valence-corrected chi connectivity index (χ1v) is 6.09. The molecule has 7 heteroatoms. The molecule has 17 heavy (non-hydrogen) atoms. The summed E-state index contributed by atoms with van der Waals surface area (Å²) in [4.78, 5) is 0. The first kappa shape index (κ1) is 12.4. The SMILES string of the molecule is NNC(Cc1ccc(Cl)c(F)c1)c1csnn1. The normalized spacial score (nSPS) is 12.6. The minimum Gasteiger partial charge on any atom is -0.271 e. The van der Waals surface area contributed by atoms with Gasteiger partial charge in [0.25, 0.3) is 0 Å². The standard InChI is InChI=1S/C10H10ClFN4S/c11-7-2-1-6(3-8(7)12)4-9(14-13)10-5-17-16-15-10/h1-3,5,9,14H,4,13H2. The van der Waals surface area contributed by atoms with E-state index in [0.717, 1.165) is 11.3 Å². The van der Waals surface area contributed by atoms with Crippen LogP contribution >= 0.6 is 23.1 Å². The Bertz CT molecular complexity index is 491. The van der Waals surface area contributed by atoms with Crippen molar-refractivity contribution in [1.82, 2.24) is 15.0 Å². The smallest absolute Gasteiger partial charge is 0.142 e. The van der Waals surface area contributed by atoms with Crippen LogP contribution in [0.1, 0.15) is 17.3 Å². The highest BCUT2D eigenvalue weighted by molar-refractivity contribution is 7.03. The summed E-state index contributed by atoms with van der Waals surface area (Å²) in [6, 6.07) is 4.50. The van der Waals surface area contributed by atoms with Crippen LogP contribution in [-0.4, -0.2) is 9.59 Å². The predicted molar refractivity (Wildman–Crippen MR) is 65.1 cm³/mol. The maximum absolute atomic E-state index is 13.3. The van der Waals surface area contributed by atoms with Crippen molar-refractivity contribution in [1.29, 1.82) is 0 Å². The third-order valence-corrected chi connectivity index (χ3v) is 3.19. The lowest BCUT2D eigenvalue weighted by Crippen LogP contribution is -2.29. The van der Waals surface area contributed by atoms with Gasteiger partial charge in [0.2, 0.25) is 0 Å². The van der Waals surface area contributed by atoms with Gasteiger partial charge in [-0.2, -0.15) is 0 Å². The van der Waals surface area contributed by atoms with Gasteiger partial charge in [-0.05, 0) is 35.6 Å². The van der Waals surface area contributed by atoms with Gasteiger partial charge in [0.05, 0.1) is 16.8 Å². The lowest BCUT2D eigenvalue weighted by atomic mass is 10.0. The van der Waals surface area contributed by atoms with Crippen LogP contribution in [0.3, 0.4) is 0 Å². The van der Waals surface area contributed by atoms with E-state index in [1.165, 1.54) is 23.7 Å². The van der Waals surface area contributed by atoms with Gasteiger partial charge in [0.1, 0.15) is 5.82 Å². The van der Waals surface area contributed by atoms with Gasteiger partial charge in [-0.25, -0.2) is 4.39 Å². The fourth-order valence-corrected chi connectivity index (χ4v) is 2.10. The summed E-state index contributed by atoms with van der Waals surface area (Å²) in [6.45, 7) is 0. The Labute approximate surface area is 107 Å². The van der Waals surface area contributed by atoms with E-state index in [4.69, 9.17) is 17.4 Å². The fraction of sp³-hybridized carbons (Fsp3) is 0.200. The van der Waals surface area contributed by atoms with Crippen molar-refractivity contribution in [2.24, 2.45) is 5.84 Å². The molecule has 1 aromatic heterocycles. The second kappa shape index (κ2) is 5.50. The third-order valence-electron chi connectivity index (χ3n) is 2.36. The fourth-order valence-electron chi connectivity index (χ4n) is 1.47. The van der Waals surface area contributed by atoms with Crippen molar-refractivity contribution in [3.8, 4) is 0 Å². The Hall–Kier alpha value is -1.08. The molecular weight excluding hydrogens is 263 g/mol. The van der Waals surface area contributed by atoms with E-state index < -0.39 is 5.82 Å². The number of nitrogens with one attached hydrogen (secondary N) is 1. The van der Waals surface area contributed by atoms with Crippen LogP contribution in [0.15, 0.2) is 23.6 Å². The molecular formula is C10H10ClFN4S. The molecule has 2 aromatic rings. The van der Waals surface area contributed by atoms with Crippen LogP contribution in [0.4, 0.5) is 4.39 Å². The topological polar surface area (TPSA) is 63.8 Å².